The molecule has 0 amide bonds. The maximum Gasteiger partial charge on any atom is 0.0175 e. The zero-order chi connectivity index (χ0) is 16.3. The molecule has 0 N–H and O–H groups in total. The molecule has 4 fully saturated rings. The fourth-order valence-corrected chi connectivity index (χ4v) is 6.94. The lowest BCUT2D eigenvalue weighted by atomic mass is 9.44. The van der Waals surface area contributed by atoms with Crippen molar-refractivity contribution in [2.24, 2.45) is 17.8 Å². The van der Waals surface area contributed by atoms with Crippen molar-refractivity contribution >= 4 is 31.9 Å². The molecule has 2 unspecified atom stereocenters. The largest absolute Gasteiger partial charge is 0.0576 e. The van der Waals surface area contributed by atoms with Crippen molar-refractivity contribution in [2.45, 2.75) is 43.4 Å². The highest BCUT2D eigenvalue weighted by Gasteiger charge is 2.55. The second kappa shape index (κ2) is 5.71. The molecule has 2 aromatic carbocycles. The molecule has 0 aliphatic heterocycles. The molecule has 0 nitrogen and oxygen atoms in total. The van der Waals surface area contributed by atoms with Crippen LogP contribution in [0.3, 0.4) is 0 Å². The summed E-state index contributed by atoms with van der Waals surface area (Å²) in [6.45, 7) is 0. The van der Waals surface area contributed by atoms with Gasteiger partial charge in [0.2, 0.25) is 0 Å². The second-order valence-corrected chi connectivity index (χ2v) is 10.2. The van der Waals surface area contributed by atoms with E-state index in [0.29, 0.717) is 5.41 Å². The SMILES string of the molecule is Brc1ccc(C2C3CC4CC2CC(c2ccc(Br)cc2)(C4)C3)cc1. The number of hydrogen-bond donors (Lipinski definition) is 0. The van der Waals surface area contributed by atoms with Crippen LogP contribution in [-0.2, 0) is 5.41 Å². The molecule has 2 aromatic rings. The van der Waals surface area contributed by atoms with E-state index >= 15 is 0 Å². The summed E-state index contributed by atoms with van der Waals surface area (Å²) in [5.74, 6) is 3.50. The highest BCUT2D eigenvalue weighted by Crippen LogP contribution is 2.65. The standard InChI is InChI=1S/C22H22Br2/c23-19-5-1-15(2-6-19)21-16-9-14-10-17(21)13-22(11-14,12-16)18-3-7-20(24)8-4-18/h1-8,14,16-17,21H,9-13H2. The van der Waals surface area contributed by atoms with Gasteiger partial charge in [0.1, 0.15) is 0 Å². The molecule has 0 saturated heterocycles. The number of hydrogen-bond acceptors (Lipinski definition) is 0. The van der Waals surface area contributed by atoms with Crippen molar-refractivity contribution in [1.82, 2.24) is 0 Å². The molecule has 0 aromatic heterocycles. The van der Waals surface area contributed by atoms with E-state index in [1.165, 1.54) is 41.0 Å². The summed E-state index contributed by atoms with van der Waals surface area (Å²) in [4.78, 5) is 0. The normalized spacial score (nSPS) is 36.9. The molecule has 6 rings (SSSR count). The van der Waals surface area contributed by atoms with Crippen molar-refractivity contribution in [1.29, 1.82) is 0 Å². The van der Waals surface area contributed by atoms with Crippen LogP contribution in [0.4, 0.5) is 0 Å². The van der Waals surface area contributed by atoms with E-state index in [-0.39, 0.29) is 0 Å². The Morgan fingerprint density at radius 2 is 1.25 bits per heavy atom. The maximum atomic E-state index is 3.60. The fraction of sp³-hybridized carbons (Fsp3) is 0.455. The van der Waals surface area contributed by atoms with Gasteiger partial charge in [-0.2, -0.15) is 0 Å². The van der Waals surface area contributed by atoms with E-state index in [0.717, 1.165) is 23.7 Å². The predicted octanol–water partition coefficient (Wildman–Crippen LogP) is 7.07. The lowest BCUT2D eigenvalue weighted by Crippen LogP contribution is -2.52. The lowest BCUT2D eigenvalue weighted by Gasteiger charge is -2.60. The summed E-state index contributed by atoms with van der Waals surface area (Å²) < 4.78 is 2.39. The van der Waals surface area contributed by atoms with Crippen LogP contribution >= 0.6 is 31.9 Å². The van der Waals surface area contributed by atoms with Crippen molar-refractivity contribution in [3.8, 4) is 0 Å². The van der Waals surface area contributed by atoms with Crippen LogP contribution in [0.2, 0.25) is 0 Å². The van der Waals surface area contributed by atoms with Gasteiger partial charge in [-0.1, -0.05) is 56.1 Å². The van der Waals surface area contributed by atoms with E-state index in [2.05, 4.69) is 80.4 Å². The predicted molar refractivity (Wildman–Crippen MR) is 106 cm³/mol. The smallest absolute Gasteiger partial charge is 0.0175 e. The van der Waals surface area contributed by atoms with Crippen molar-refractivity contribution in [3.05, 3.63) is 68.6 Å². The van der Waals surface area contributed by atoms with E-state index < -0.39 is 0 Å². The van der Waals surface area contributed by atoms with Crippen LogP contribution in [0.5, 0.6) is 0 Å². The summed E-state index contributed by atoms with van der Waals surface area (Å²) in [5.41, 5.74) is 3.64. The first kappa shape index (κ1) is 15.6. The van der Waals surface area contributed by atoms with Gasteiger partial charge in [0.05, 0.1) is 0 Å². The average molecular weight is 446 g/mol. The third kappa shape index (κ3) is 2.44. The second-order valence-electron chi connectivity index (χ2n) is 8.33. The third-order valence-corrected chi connectivity index (χ3v) is 8.04. The molecule has 0 heterocycles. The minimum absolute atomic E-state index is 0.461. The van der Waals surface area contributed by atoms with Crippen molar-refractivity contribution < 1.29 is 0 Å². The summed E-state index contributed by atoms with van der Waals surface area (Å²) in [7, 11) is 0. The highest BCUT2D eigenvalue weighted by molar-refractivity contribution is 9.10. The zero-order valence-corrected chi connectivity index (χ0v) is 16.9. The van der Waals surface area contributed by atoms with E-state index in [9.17, 15) is 0 Å². The molecule has 4 aliphatic rings. The summed E-state index contributed by atoms with van der Waals surface area (Å²) >= 11 is 7.19. The molecule has 124 valence electrons. The lowest BCUT2D eigenvalue weighted by molar-refractivity contribution is -0.0256. The van der Waals surface area contributed by atoms with E-state index in [1.54, 1.807) is 11.1 Å². The minimum atomic E-state index is 0.461. The Morgan fingerprint density at radius 1 is 0.708 bits per heavy atom. The van der Waals surface area contributed by atoms with Crippen molar-refractivity contribution in [3.63, 3.8) is 0 Å². The Morgan fingerprint density at radius 3 is 1.83 bits per heavy atom. The number of benzene rings is 2. The molecule has 2 heteroatoms. The molecule has 4 saturated carbocycles. The van der Waals surface area contributed by atoms with Crippen LogP contribution in [-0.4, -0.2) is 0 Å². The van der Waals surface area contributed by atoms with Gasteiger partial charge in [-0.05, 0) is 96.6 Å². The fourth-order valence-electron chi connectivity index (χ4n) is 6.41. The summed E-state index contributed by atoms with van der Waals surface area (Å²) in [6, 6.07) is 18.4. The van der Waals surface area contributed by atoms with Crippen LogP contribution in [0.25, 0.3) is 0 Å². The van der Waals surface area contributed by atoms with Gasteiger partial charge in [-0.3, -0.25) is 0 Å². The Labute approximate surface area is 161 Å². The monoisotopic (exact) mass is 444 g/mol. The molecule has 2 atom stereocenters. The highest BCUT2D eigenvalue weighted by atomic mass is 79.9. The first-order valence-electron chi connectivity index (χ1n) is 9.14. The van der Waals surface area contributed by atoms with Gasteiger partial charge < -0.3 is 0 Å². The first-order chi connectivity index (χ1) is 11.6. The van der Waals surface area contributed by atoms with Gasteiger partial charge >= 0.3 is 0 Å². The Bertz CT molecular complexity index is 731. The Hall–Kier alpha value is -0.600. The third-order valence-electron chi connectivity index (χ3n) is 6.98. The number of rotatable bonds is 2. The molecule has 24 heavy (non-hydrogen) atoms. The summed E-state index contributed by atoms with van der Waals surface area (Å²) in [5, 5.41) is 0. The van der Waals surface area contributed by atoms with Gasteiger partial charge in [-0.25, -0.2) is 0 Å². The molecular formula is C22H22Br2. The van der Waals surface area contributed by atoms with Gasteiger partial charge in [0.15, 0.2) is 0 Å². The van der Waals surface area contributed by atoms with Crippen LogP contribution in [0.1, 0.15) is 49.1 Å². The molecule has 0 spiro atoms. The summed E-state index contributed by atoms with van der Waals surface area (Å²) in [6.07, 6.45) is 7.12. The maximum absolute atomic E-state index is 3.60. The van der Waals surface area contributed by atoms with Crippen molar-refractivity contribution in [2.75, 3.05) is 0 Å². The van der Waals surface area contributed by atoms with Crippen LogP contribution in [0, 0.1) is 17.8 Å². The van der Waals surface area contributed by atoms with Crippen LogP contribution < -0.4 is 0 Å². The molecule has 4 aliphatic carbocycles. The average Bonchev–Trinajstić information content (AvgIpc) is 2.56. The van der Waals surface area contributed by atoms with E-state index in [4.69, 9.17) is 0 Å². The van der Waals surface area contributed by atoms with Crippen LogP contribution in [0.15, 0.2) is 57.5 Å². The first-order valence-corrected chi connectivity index (χ1v) is 10.7. The number of halogens is 2. The minimum Gasteiger partial charge on any atom is -0.0576 e. The van der Waals surface area contributed by atoms with Gasteiger partial charge in [0.25, 0.3) is 0 Å². The molecule has 4 bridgehead atoms. The van der Waals surface area contributed by atoms with Gasteiger partial charge in [-0.15, -0.1) is 0 Å². The van der Waals surface area contributed by atoms with E-state index in [1.807, 2.05) is 0 Å². The molecule has 0 radical (unpaired) electrons. The Balaban J connectivity index is 1.50. The topological polar surface area (TPSA) is 0 Å². The zero-order valence-electron chi connectivity index (χ0n) is 13.7. The van der Waals surface area contributed by atoms with Gasteiger partial charge in [0, 0.05) is 8.95 Å². The molecular weight excluding hydrogens is 424 g/mol. The Kier molecular flexibility index (Phi) is 3.72. The quantitative estimate of drug-likeness (QED) is 0.463.